The van der Waals surface area contributed by atoms with Crippen molar-refractivity contribution in [2.24, 2.45) is 0 Å². The summed E-state index contributed by atoms with van der Waals surface area (Å²) in [6, 6.07) is 29.5. The normalized spacial score (nSPS) is 12.0. The van der Waals surface area contributed by atoms with Crippen LogP contribution in [0.15, 0.2) is 112 Å². The number of nitrogens with one attached hydrogen (secondary N) is 1. The third kappa shape index (κ3) is 8.36. The fourth-order valence-electron chi connectivity index (χ4n) is 4.90. The quantitative estimate of drug-likeness (QED) is 0.188. The summed E-state index contributed by atoms with van der Waals surface area (Å²) in [5.74, 6) is -0.801. The Balaban J connectivity index is 1.82. The number of carbonyl (C=O) groups is 2. The van der Waals surface area contributed by atoms with Crippen LogP contribution in [-0.2, 0) is 32.6 Å². The zero-order valence-electron chi connectivity index (χ0n) is 25.4. The first-order chi connectivity index (χ1) is 21.0. The summed E-state index contributed by atoms with van der Waals surface area (Å²) >= 11 is 3.44. The van der Waals surface area contributed by atoms with Gasteiger partial charge in [0, 0.05) is 23.5 Å². The van der Waals surface area contributed by atoms with Crippen molar-refractivity contribution in [1.82, 2.24) is 10.2 Å². The highest BCUT2D eigenvalue weighted by Gasteiger charge is 2.35. The van der Waals surface area contributed by atoms with Crippen LogP contribution in [0.2, 0.25) is 0 Å². The standard InChI is InChI=1S/C35H38BrN3O4S/c1-25(2)37-35(41)33(21-28-12-6-5-7-13-28)38(23-29-14-9-8-11-27(29)4)34(40)24-39(31-16-10-15-30(36)22-31)44(42,43)32-19-17-26(3)18-20-32/h5-20,22,25,33H,21,23-24H2,1-4H3,(H,37,41)/t33-/m1/s1. The summed E-state index contributed by atoms with van der Waals surface area (Å²) in [5, 5.41) is 2.98. The lowest BCUT2D eigenvalue weighted by Gasteiger charge is -2.34. The van der Waals surface area contributed by atoms with E-state index in [-0.39, 0.29) is 29.8 Å². The van der Waals surface area contributed by atoms with Crippen molar-refractivity contribution in [3.63, 3.8) is 0 Å². The lowest BCUT2D eigenvalue weighted by Crippen LogP contribution is -2.54. The van der Waals surface area contributed by atoms with Gasteiger partial charge in [-0.15, -0.1) is 0 Å². The Kier molecular flexibility index (Phi) is 11.0. The predicted octanol–water partition coefficient (Wildman–Crippen LogP) is 6.43. The van der Waals surface area contributed by atoms with Gasteiger partial charge in [0.2, 0.25) is 11.8 Å². The Morgan fingerprint density at radius 2 is 1.50 bits per heavy atom. The second-order valence-electron chi connectivity index (χ2n) is 11.1. The van der Waals surface area contributed by atoms with Gasteiger partial charge in [-0.25, -0.2) is 8.42 Å². The topological polar surface area (TPSA) is 86.8 Å². The minimum absolute atomic E-state index is 0.0692. The minimum atomic E-state index is -4.16. The maximum Gasteiger partial charge on any atom is 0.264 e. The van der Waals surface area contributed by atoms with E-state index < -0.39 is 28.5 Å². The Hall–Kier alpha value is -3.95. The molecule has 44 heavy (non-hydrogen) atoms. The average Bonchev–Trinajstić information content (AvgIpc) is 2.98. The molecule has 0 fully saturated rings. The molecule has 0 aliphatic rings. The smallest absolute Gasteiger partial charge is 0.264 e. The van der Waals surface area contributed by atoms with E-state index in [1.54, 1.807) is 48.5 Å². The van der Waals surface area contributed by atoms with Crippen molar-refractivity contribution in [3.05, 3.63) is 130 Å². The molecule has 0 aromatic heterocycles. The van der Waals surface area contributed by atoms with Crippen molar-refractivity contribution in [1.29, 1.82) is 0 Å². The van der Waals surface area contributed by atoms with Gasteiger partial charge in [0.05, 0.1) is 10.6 Å². The molecule has 0 saturated heterocycles. The van der Waals surface area contributed by atoms with Gasteiger partial charge in [0.15, 0.2) is 0 Å². The molecule has 4 aromatic carbocycles. The lowest BCUT2D eigenvalue weighted by molar-refractivity contribution is -0.140. The molecule has 0 heterocycles. The number of rotatable bonds is 12. The van der Waals surface area contributed by atoms with Crippen LogP contribution in [0.5, 0.6) is 0 Å². The number of sulfonamides is 1. The molecule has 0 unspecified atom stereocenters. The average molecular weight is 677 g/mol. The number of aryl methyl sites for hydroxylation is 2. The van der Waals surface area contributed by atoms with E-state index in [1.165, 1.54) is 4.90 Å². The molecule has 1 N–H and O–H groups in total. The Labute approximate surface area is 269 Å². The van der Waals surface area contributed by atoms with Gasteiger partial charge >= 0.3 is 0 Å². The highest BCUT2D eigenvalue weighted by Crippen LogP contribution is 2.28. The van der Waals surface area contributed by atoms with Crippen LogP contribution in [0, 0.1) is 13.8 Å². The van der Waals surface area contributed by atoms with Gasteiger partial charge in [-0.05, 0) is 74.7 Å². The lowest BCUT2D eigenvalue weighted by atomic mass is 10.0. The number of benzene rings is 4. The third-order valence-electron chi connectivity index (χ3n) is 7.29. The van der Waals surface area contributed by atoms with E-state index >= 15 is 0 Å². The third-order valence-corrected chi connectivity index (χ3v) is 9.57. The van der Waals surface area contributed by atoms with E-state index in [0.717, 1.165) is 26.6 Å². The number of halogens is 1. The summed E-state index contributed by atoms with van der Waals surface area (Å²) < 4.78 is 30.0. The van der Waals surface area contributed by atoms with Crippen molar-refractivity contribution in [2.45, 2.75) is 57.6 Å². The monoisotopic (exact) mass is 675 g/mol. The number of nitrogens with zero attached hydrogens (tertiary/aromatic N) is 2. The molecule has 0 aliphatic heterocycles. The van der Waals surface area contributed by atoms with E-state index in [2.05, 4.69) is 21.2 Å². The Morgan fingerprint density at radius 3 is 2.14 bits per heavy atom. The maximum absolute atomic E-state index is 14.5. The van der Waals surface area contributed by atoms with Crippen LogP contribution >= 0.6 is 15.9 Å². The summed E-state index contributed by atoms with van der Waals surface area (Å²) in [4.78, 5) is 29.9. The number of anilines is 1. The summed E-state index contributed by atoms with van der Waals surface area (Å²) in [6.45, 7) is 7.20. The van der Waals surface area contributed by atoms with Crippen LogP contribution in [0.3, 0.4) is 0 Å². The molecule has 0 saturated carbocycles. The van der Waals surface area contributed by atoms with Gasteiger partial charge in [-0.3, -0.25) is 13.9 Å². The van der Waals surface area contributed by atoms with E-state index in [9.17, 15) is 18.0 Å². The van der Waals surface area contributed by atoms with Crippen molar-refractivity contribution < 1.29 is 18.0 Å². The molecule has 0 radical (unpaired) electrons. The first kappa shape index (κ1) is 33.0. The molecule has 0 spiro atoms. The molecule has 2 amide bonds. The van der Waals surface area contributed by atoms with Crippen LogP contribution in [-0.4, -0.2) is 43.8 Å². The van der Waals surface area contributed by atoms with Crippen LogP contribution < -0.4 is 9.62 Å². The van der Waals surface area contributed by atoms with Crippen LogP contribution in [0.4, 0.5) is 5.69 Å². The van der Waals surface area contributed by atoms with Gasteiger partial charge < -0.3 is 10.2 Å². The second kappa shape index (κ2) is 14.7. The SMILES string of the molecule is Cc1ccc(S(=O)(=O)N(CC(=O)N(Cc2ccccc2C)[C@H](Cc2ccccc2)C(=O)NC(C)C)c2cccc(Br)c2)cc1. The Bertz CT molecular complexity index is 1690. The number of amides is 2. The predicted molar refractivity (Wildman–Crippen MR) is 179 cm³/mol. The van der Waals surface area contributed by atoms with Crippen molar-refractivity contribution >= 4 is 43.5 Å². The molecule has 4 rings (SSSR count). The second-order valence-corrected chi connectivity index (χ2v) is 13.9. The molecule has 4 aromatic rings. The summed E-state index contributed by atoms with van der Waals surface area (Å²) in [5.41, 5.74) is 3.96. The first-order valence-electron chi connectivity index (χ1n) is 14.5. The maximum atomic E-state index is 14.5. The molecule has 7 nitrogen and oxygen atoms in total. The number of carbonyl (C=O) groups excluding carboxylic acids is 2. The molecule has 230 valence electrons. The van der Waals surface area contributed by atoms with Crippen LogP contribution in [0.1, 0.15) is 36.1 Å². The zero-order valence-corrected chi connectivity index (χ0v) is 27.8. The largest absolute Gasteiger partial charge is 0.352 e. The molecule has 9 heteroatoms. The van der Waals surface area contributed by atoms with E-state index in [1.807, 2.05) is 82.3 Å². The summed E-state index contributed by atoms with van der Waals surface area (Å²) in [6.07, 6.45) is 0.263. The zero-order chi connectivity index (χ0) is 31.9. The molecule has 1 atom stereocenters. The fourth-order valence-corrected chi connectivity index (χ4v) is 6.70. The van der Waals surface area contributed by atoms with Crippen molar-refractivity contribution in [2.75, 3.05) is 10.8 Å². The van der Waals surface area contributed by atoms with Crippen LogP contribution in [0.25, 0.3) is 0 Å². The van der Waals surface area contributed by atoms with Gasteiger partial charge in [0.1, 0.15) is 12.6 Å². The first-order valence-corrected chi connectivity index (χ1v) is 16.7. The molecular formula is C35H38BrN3O4S. The molecule has 0 bridgehead atoms. The number of hydrogen-bond donors (Lipinski definition) is 1. The fraction of sp³-hybridized carbons (Fsp3) is 0.257. The number of hydrogen-bond acceptors (Lipinski definition) is 4. The highest BCUT2D eigenvalue weighted by molar-refractivity contribution is 9.10. The Morgan fingerprint density at radius 1 is 0.841 bits per heavy atom. The van der Waals surface area contributed by atoms with E-state index in [0.29, 0.717) is 10.2 Å². The van der Waals surface area contributed by atoms with E-state index in [4.69, 9.17) is 0 Å². The van der Waals surface area contributed by atoms with Gasteiger partial charge in [-0.1, -0.05) is 94.3 Å². The molecular weight excluding hydrogens is 638 g/mol. The summed E-state index contributed by atoms with van der Waals surface area (Å²) in [7, 11) is -4.16. The van der Waals surface area contributed by atoms with Gasteiger partial charge in [0.25, 0.3) is 10.0 Å². The molecule has 0 aliphatic carbocycles. The minimum Gasteiger partial charge on any atom is -0.352 e. The highest BCUT2D eigenvalue weighted by atomic mass is 79.9. The van der Waals surface area contributed by atoms with Gasteiger partial charge in [-0.2, -0.15) is 0 Å². The van der Waals surface area contributed by atoms with Crippen molar-refractivity contribution in [3.8, 4) is 0 Å².